The molecule has 0 bridgehead atoms. The van der Waals surface area contributed by atoms with Crippen LogP contribution in [-0.4, -0.2) is 43.1 Å². The second kappa shape index (κ2) is 17.4. The van der Waals surface area contributed by atoms with Gasteiger partial charge in [0.1, 0.15) is 17.6 Å². The van der Waals surface area contributed by atoms with Gasteiger partial charge in [0.15, 0.2) is 6.10 Å². The molecule has 0 radical (unpaired) electrons. The van der Waals surface area contributed by atoms with E-state index in [1.807, 2.05) is 79.7 Å². The summed E-state index contributed by atoms with van der Waals surface area (Å²) >= 11 is 0. The summed E-state index contributed by atoms with van der Waals surface area (Å²) in [5.41, 5.74) is 2.91. The van der Waals surface area contributed by atoms with Crippen molar-refractivity contribution in [2.45, 2.75) is 51.2 Å². The first-order chi connectivity index (χ1) is 24.6. The number of rotatable bonds is 14. The maximum absolute atomic E-state index is 13.5. The molecule has 0 aromatic heterocycles. The first-order valence-corrected chi connectivity index (χ1v) is 16.8. The van der Waals surface area contributed by atoms with Gasteiger partial charge in [-0.15, -0.1) is 0 Å². The van der Waals surface area contributed by atoms with Gasteiger partial charge >= 0.3 is 11.9 Å². The van der Waals surface area contributed by atoms with Crippen LogP contribution in [0.2, 0.25) is 0 Å². The lowest BCUT2D eigenvalue weighted by atomic mass is 9.86. The van der Waals surface area contributed by atoms with Crippen LogP contribution in [0.1, 0.15) is 45.2 Å². The Hall–Kier alpha value is -5.28. The number of carbonyl (C=O) groups is 2. The number of hydrogen-bond acceptors (Lipinski definition) is 8. The van der Waals surface area contributed by atoms with Crippen LogP contribution in [0.4, 0.5) is 0 Å². The molecule has 0 spiro atoms. The lowest BCUT2D eigenvalue weighted by Crippen LogP contribution is -2.59. The van der Waals surface area contributed by atoms with Crippen molar-refractivity contribution in [3.63, 3.8) is 0 Å². The maximum Gasteiger partial charge on any atom is 0.343 e. The zero-order chi connectivity index (χ0) is 34.5. The highest BCUT2D eigenvalue weighted by molar-refractivity contribution is 5.91. The standard InChI is InChI=1S/C42H40O8/c1-2-36-38(46-28-31-17-9-4-10-18-31)37(29-45-27-30-15-7-3-8-16-30)49-42(39(36)50-41(44)33-21-13-6-14-22-33)48-35-25-23-34(24-26-35)47-40(43)32-19-11-5-12-20-32/h3-26,36-39,42H,2,27-29H2,1H3/t36-,37+,38+,39+,42+/m0/s1. The van der Waals surface area contributed by atoms with Gasteiger partial charge in [0.2, 0.25) is 6.29 Å². The summed E-state index contributed by atoms with van der Waals surface area (Å²) in [6.45, 7) is 2.99. The van der Waals surface area contributed by atoms with Crippen LogP contribution in [0.3, 0.4) is 0 Å². The van der Waals surface area contributed by atoms with Gasteiger partial charge in [-0.2, -0.15) is 0 Å². The first kappa shape index (κ1) is 34.6. The monoisotopic (exact) mass is 672 g/mol. The lowest BCUT2D eigenvalue weighted by molar-refractivity contribution is -0.276. The number of benzene rings is 5. The number of hydrogen-bond donors (Lipinski definition) is 0. The van der Waals surface area contributed by atoms with Crippen LogP contribution >= 0.6 is 0 Å². The van der Waals surface area contributed by atoms with Gasteiger partial charge in [-0.3, -0.25) is 0 Å². The van der Waals surface area contributed by atoms with Gasteiger partial charge < -0.3 is 28.4 Å². The van der Waals surface area contributed by atoms with E-state index in [0.717, 1.165) is 11.1 Å². The third-order valence-electron chi connectivity index (χ3n) is 8.49. The van der Waals surface area contributed by atoms with E-state index in [0.29, 0.717) is 42.3 Å². The van der Waals surface area contributed by atoms with E-state index in [9.17, 15) is 9.59 Å². The lowest BCUT2D eigenvalue weighted by Gasteiger charge is -2.45. The summed E-state index contributed by atoms with van der Waals surface area (Å²) in [6, 6.07) is 44.1. The molecular formula is C42H40O8. The Morgan fingerprint density at radius 1 is 0.600 bits per heavy atom. The molecule has 8 nitrogen and oxygen atoms in total. The molecule has 0 unspecified atom stereocenters. The molecule has 0 aliphatic carbocycles. The minimum absolute atomic E-state index is 0.221. The maximum atomic E-state index is 13.5. The molecule has 1 aliphatic rings. The summed E-state index contributed by atoms with van der Waals surface area (Å²) < 4.78 is 37.6. The Labute approximate surface area is 292 Å². The minimum Gasteiger partial charge on any atom is -0.461 e. The van der Waals surface area contributed by atoms with Crippen molar-refractivity contribution in [3.8, 4) is 11.5 Å². The highest BCUT2D eigenvalue weighted by atomic mass is 16.7. The average molecular weight is 673 g/mol. The highest BCUT2D eigenvalue weighted by Crippen LogP contribution is 2.36. The third kappa shape index (κ3) is 9.24. The minimum atomic E-state index is -0.993. The van der Waals surface area contributed by atoms with Gasteiger partial charge in [-0.1, -0.05) is 104 Å². The summed E-state index contributed by atoms with van der Waals surface area (Å²) in [6.07, 6.45) is -2.24. The molecule has 0 N–H and O–H groups in total. The Morgan fingerprint density at radius 2 is 1.12 bits per heavy atom. The molecule has 1 aliphatic heterocycles. The Morgan fingerprint density at radius 3 is 1.70 bits per heavy atom. The first-order valence-electron chi connectivity index (χ1n) is 16.8. The molecular weight excluding hydrogens is 632 g/mol. The quantitative estimate of drug-likeness (QED) is 0.0865. The van der Waals surface area contributed by atoms with Gasteiger partial charge in [0, 0.05) is 5.92 Å². The van der Waals surface area contributed by atoms with Gasteiger partial charge in [-0.25, -0.2) is 9.59 Å². The van der Waals surface area contributed by atoms with E-state index in [4.69, 9.17) is 28.4 Å². The van der Waals surface area contributed by atoms with E-state index in [-0.39, 0.29) is 12.5 Å². The Kier molecular flexibility index (Phi) is 12.0. The normalized spacial score (nSPS) is 20.1. The molecule has 8 heteroatoms. The van der Waals surface area contributed by atoms with Gasteiger partial charge in [0.05, 0.1) is 37.1 Å². The fraction of sp³-hybridized carbons (Fsp3) is 0.238. The smallest absolute Gasteiger partial charge is 0.343 e. The van der Waals surface area contributed by atoms with Crippen molar-refractivity contribution in [1.82, 2.24) is 0 Å². The molecule has 5 aromatic rings. The molecule has 0 amide bonds. The van der Waals surface area contributed by atoms with Crippen LogP contribution in [0.15, 0.2) is 146 Å². The Bertz CT molecular complexity index is 1770. The zero-order valence-corrected chi connectivity index (χ0v) is 27.8. The van der Waals surface area contributed by atoms with Crippen molar-refractivity contribution in [2.24, 2.45) is 5.92 Å². The topological polar surface area (TPSA) is 89.5 Å². The predicted octanol–water partition coefficient (Wildman–Crippen LogP) is 8.06. The van der Waals surface area contributed by atoms with Crippen LogP contribution in [0, 0.1) is 5.92 Å². The molecule has 1 saturated heterocycles. The zero-order valence-electron chi connectivity index (χ0n) is 27.8. The molecule has 1 heterocycles. The fourth-order valence-electron chi connectivity index (χ4n) is 5.92. The third-order valence-corrected chi connectivity index (χ3v) is 8.49. The number of ether oxygens (including phenoxy) is 6. The van der Waals surface area contributed by atoms with E-state index in [1.54, 1.807) is 72.8 Å². The van der Waals surface area contributed by atoms with Crippen LogP contribution in [0.5, 0.6) is 11.5 Å². The van der Waals surface area contributed by atoms with E-state index in [1.165, 1.54) is 0 Å². The van der Waals surface area contributed by atoms with Crippen molar-refractivity contribution < 1.29 is 38.0 Å². The molecule has 5 atom stereocenters. The van der Waals surface area contributed by atoms with Crippen LogP contribution in [0.25, 0.3) is 0 Å². The second-order valence-electron chi connectivity index (χ2n) is 12.0. The van der Waals surface area contributed by atoms with Crippen LogP contribution < -0.4 is 9.47 Å². The summed E-state index contributed by atoms with van der Waals surface area (Å²) in [5.74, 6) is -0.460. The molecule has 256 valence electrons. The SMILES string of the molecule is CC[C@H]1[C@@H](OCc2ccccc2)[C@@H](COCc2ccccc2)O[C@@H](Oc2ccc(OC(=O)c3ccccc3)cc2)[C@@H]1OC(=O)c1ccccc1. The fourth-order valence-corrected chi connectivity index (χ4v) is 5.92. The van der Waals surface area contributed by atoms with E-state index >= 15 is 0 Å². The van der Waals surface area contributed by atoms with Crippen molar-refractivity contribution >= 4 is 11.9 Å². The van der Waals surface area contributed by atoms with Crippen LogP contribution in [-0.2, 0) is 32.2 Å². The molecule has 1 fully saturated rings. The summed E-state index contributed by atoms with van der Waals surface area (Å²) in [4.78, 5) is 26.1. The van der Waals surface area contributed by atoms with E-state index < -0.39 is 36.5 Å². The predicted molar refractivity (Wildman–Crippen MR) is 188 cm³/mol. The molecule has 5 aromatic carbocycles. The van der Waals surface area contributed by atoms with Gasteiger partial charge in [-0.05, 0) is 66.1 Å². The van der Waals surface area contributed by atoms with Crippen molar-refractivity contribution in [3.05, 3.63) is 168 Å². The van der Waals surface area contributed by atoms with Crippen molar-refractivity contribution in [2.75, 3.05) is 6.61 Å². The largest absolute Gasteiger partial charge is 0.461 e. The highest BCUT2D eigenvalue weighted by Gasteiger charge is 2.49. The Balaban J connectivity index is 1.24. The molecule has 50 heavy (non-hydrogen) atoms. The van der Waals surface area contributed by atoms with Gasteiger partial charge in [0.25, 0.3) is 0 Å². The molecule has 6 rings (SSSR count). The second-order valence-corrected chi connectivity index (χ2v) is 12.0. The number of esters is 2. The number of carbonyl (C=O) groups excluding carboxylic acids is 2. The van der Waals surface area contributed by atoms with Crippen molar-refractivity contribution in [1.29, 1.82) is 0 Å². The molecule has 0 saturated carbocycles. The van der Waals surface area contributed by atoms with E-state index in [2.05, 4.69) is 0 Å². The summed E-state index contributed by atoms with van der Waals surface area (Å²) in [5, 5.41) is 0. The average Bonchev–Trinajstić information content (AvgIpc) is 3.17. The summed E-state index contributed by atoms with van der Waals surface area (Å²) in [7, 11) is 0.